The second-order valence-electron chi connectivity index (χ2n) is 5.65. The Bertz CT molecular complexity index is 681. The molecule has 0 fully saturated rings. The maximum atomic E-state index is 12.4. The van der Waals surface area contributed by atoms with E-state index in [-0.39, 0.29) is 5.91 Å². The highest BCUT2D eigenvalue weighted by Crippen LogP contribution is 2.28. The van der Waals surface area contributed by atoms with E-state index in [0.29, 0.717) is 36.2 Å². The van der Waals surface area contributed by atoms with Gasteiger partial charge in [-0.15, -0.1) is 0 Å². The van der Waals surface area contributed by atoms with Gasteiger partial charge in [0.25, 0.3) is 0 Å². The van der Waals surface area contributed by atoms with Crippen LogP contribution >= 0.6 is 0 Å². The predicted octanol–water partition coefficient (Wildman–Crippen LogP) is 1.19. The van der Waals surface area contributed by atoms with Gasteiger partial charge in [0, 0.05) is 17.7 Å². The summed E-state index contributed by atoms with van der Waals surface area (Å²) in [6.07, 6.45) is 3.61. The van der Waals surface area contributed by atoms with Crippen molar-refractivity contribution in [3.8, 4) is 0 Å². The molecular weight excluding hydrogens is 310 g/mol. The third-order valence-electron chi connectivity index (χ3n) is 3.65. The average molecular weight is 329 g/mol. The fraction of sp³-hybridized carbons (Fsp3) is 0.188. The molecule has 2 rings (SSSR count). The molecule has 23 heavy (non-hydrogen) atoms. The quantitative estimate of drug-likeness (QED) is 0.519. The fourth-order valence-corrected chi connectivity index (χ4v) is 4.88. The first-order valence-electron chi connectivity index (χ1n) is 7.21. The van der Waals surface area contributed by atoms with Crippen molar-refractivity contribution >= 4 is 27.0 Å². The van der Waals surface area contributed by atoms with Crippen LogP contribution in [0.4, 0.5) is 0 Å². The largest absolute Gasteiger partial charge is 0.374 e. The third kappa shape index (κ3) is 3.75. The van der Waals surface area contributed by atoms with Crippen molar-refractivity contribution in [3.05, 3.63) is 58.6 Å². The molecule has 1 aromatic rings. The molecule has 3 N–H and O–H groups in total. The van der Waals surface area contributed by atoms with Gasteiger partial charge in [0.2, 0.25) is 18.7 Å². The van der Waals surface area contributed by atoms with Crippen molar-refractivity contribution in [3.63, 3.8) is 0 Å². The van der Waals surface area contributed by atoms with Gasteiger partial charge in [0.05, 0.1) is 5.70 Å². The number of nitrogens with one attached hydrogen (secondary N) is 3. The van der Waals surface area contributed by atoms with Crippen LogP contribution in [0.1, 0.15) is 16.8 Å². The molecule has 7 heteroatoms. The lowest BCUT2D eigenvalue weighted by atomic mass is 10.2. The van der Waals surface area contributed by atoms with Gasteiger partial charge in [0.1, 0.15) is 0 Å². The Morgan fingerprint density at radius 2 is 1.74 bits per heavy atom. The minimum absolute atomic E-state index is 0.148. The van der Waals surface area contributed by atoms with E-state index in [9.17, 15) is 14.4 Å². The summed E-state index contributed by atoms with van der Waals surface area (Å²) in [7, 11) is -2.36. The van der Waals surface area contributed by atoms with E-state index in [1.807, 2.05) is 37.4 Å². The molecule has 3 amide bonds. The number of hydrogen-bond acceptors (Lipinski definition) is 3. The molecule has 0 saturated heterocycles. The highest BCUT2D eigenvalue weighted by Gasteiger charge is 2.35. The smallest absolute Gasteiger partial charge is 0.243 e. The van der Waals surface area contributed by atoms with E-state index < -0.39 is 8.24 Å². The standard InChI is InChI=1S/C16H19N3O3Si/c1-23(2,19-16(22)12-6-4-3-5-7-12)14-9-8-13(17-10-20)15(14)18-11-21/h3-7,9-11H,8H2,1-2H3,(H,17,20)(H,18,21)(H,19,22). The van der Waals surface area contributed by atoms with Gasteiger partial charge in [-0.1, -0.05) is 24.3 Å². The summed E-state index contributed by atoms with van der Waals surface area (Å²) in [5.41, 5.74) is 1.81. The Labute approximate surface area is 135 Å². The van der Waals surface area contributed by atoms with E-state index in [2.05, 4.69) is 15.6 Å². The van der Waals surface area contributed by atoms with Crippen molar-refractivity contribution in [2.45, 2.75) is 19.5 Å². The number of allylic oxidation sites excluding steroid dienone is 2. The molecule has 6 nitrogen and oxygen atoms in total. The molecule has 1 aliphatic rings. The molecule has 0 aliphatic heterocycles. The Morgan fingerprint density at radius 1 is 1.09 bits per heavy atom. The van der Waals surface area contributed by atoms with Crippen molar-refractivity contribution in [2.75, 3.05) is 0 Å². The van der Waals surface area contributed by atoms with Gasteiger partial charge in [-0.05, 0) is 30.4 Å². The molecule has 0 spiro atoms. The molecule has 120 valence electrons. The highest BCUT2D eigenvalue weighted by molar-refractivity contribution is 6.85. The molecule has 0 aromatic heterocycles. The summed E-state index contributed by atoms with van der Waals surface area (Å²) in [5.74, 6) is -0.148. The lowest BCUT2D eigenvalue weighted by molar-refractivity contribution is -0.110. The molecule has 0 bridgehead atoms. The van der Waals surface area contributed by atoms with Crippen LogP contribution in [0.5, 0.6) is 0 Å². The second-order valence-corrected chi connectivity index (χ2v) is 9.68. The zero-order valence-electron chi connectivity index (χ0n) is 13.1. The third-order valence-corrected chi connectivity index (χ3v) is 6.31. The molecule has 0 heterocycles. The van der Waals surface area contributed by atoms with Crippen LogP contribution < -0.4 is 15.6 Å². The molecule has 1 aromatic carbocycles. The molecule has 0 saturated carbocycles. The Balaban J connectivity index is 2.23. The Morgan fingerprint density at radius 3 is 2.35 bits per heavy atom. The SMILES string of the molecule is C[Si](C)(NC(=O)c1ccccc1)C1=CCC(NC=O)=C1NC=O. The average Bonchev–Trinajstić information content (AvgIpc) is 2.92. The van der Waals surface area contributed by atoms with Gasteiger partial charge in [0.15, 0.2) is 8.24 Å². The summed E-state index contributed by atoms with van der Waals surface area (Å²) < 4.78 is 0. The molecular formula is C16H19N3O3Si. The topological polar surface area (TPSA) is 87.3 Å². The molecule has 0 radical (unpaired) electrons. The van der Waals surface area contributed by atoms with Crippen LogP contribution in [-0.4, -0.2) is 27.0 Å². The maximum absolute atomic E-state index is 12.4. The Hall–Kier alpha value is -2.67. The van der Waals surface area contributed by atoms with Crippen LogP contribution in [0, 0.1) is 0 Å². The van der Waals surface area contributed by atoms with Crippen molar-refractivity contribution in [1.29, 1.82) is 0 Å². The lowest BCUT2D eigenvalue weighted by Gasteiger charge is -2.27. The first kappa shape index (κ1) is 16.7. The second kappa shape index (κ2) is 7.06. The van der Waals surface area contributed by atoms with E-state index in [1.165, 1.54) is 0 Å². The number of carbonyl (C=O) groups excluding carboxylic acids is 3. The van der Waals surface area contributed by atoms with Crippen LogP contribution in [0.2, 0.25) is 13.1 Å². The van der Waals surface area contributed by atoms with E-state index >= 15 is 0 Å². The van der Waals surface area contributed by atoms with E-state index in [1.54, 1.807) is 12.1 Å². The van der Waals surface area contributed by atoms with Crippen molar-refractivity contribution in [2.24, 2.45) is 0 Å². The van der Waals surface area contributed by atoms with Crippen LogP contribution in [0.25, 0.3) is 0 Å². The van der Waals surface area contributed by atoms with Crippen molar-refractivity contribution in [1.82, 2.24) is 15.6 Å². The summed E-state index contributed by atoms with van der Waals surface area (Å²) in [6, 6.07) is 8.98. The number of benzene rings is 1. The van der Waals surface area contributed by atoms with Crippen molar-refractivity contribution < 1.29 is 14.4 Å². The summed E-state index contributed by atoms with van der Waals surface area (Å²) in [5, 5.41) is 6.13. The van der Waals surface area contributed by atoms with Gasteiger partial charge in [-0.25, -0.2) is 0 Å². The normalized spacial score (nSPS) is 14.1. The Kier molecular flexibility index (Phi) is 5.12. The minimum atomic E-state index is -2.36. The first-order chi connectivity index (χ1) is 11.0. The minimum Gasteiger partial charge on any atom is -0.374 e. The number of rotatable bonds is 7. The van der Waals surface area contributed by atoms with Gasteiger partial charge < -0.3 is 15.6 Å². The van der Waals surface area contributed by atoms with Gasteiger partial charge in [-0.3, -0.25) is 14.4 Å². The zero-order chi connectivity index (χ0) is 16.9. The first-order valence-corrected chi connectivity index (χ1v) is 10.2. The predicted molar refractivity (Wildman–Crippen MR) is 89.5 cm³/mol. The van der Waals surface area contributed by atoms with Crippen LogP contribution in [0.3, 0.4) is 0 Å². The lowest BCUT2D eigenvalue weighted by Crippen LogP contribution is -2.51. The van der Waals surface area contributed by atoms with E-state index in [0.717, 1.165) is 5.20 Å². The summed E-state index contributed by atoms with van der Waals surface area (Å²) in [6.45, 7) is 3.96. The summed E-state index contributed by atoms with van der Waals surface area (Å²) in [4.78, 5) is 37.1. The number of hydrogen-bond donors (Lipinski definition) is 3. The van der Waals surface area contributed by atoms with Crippen LogP contribution in [0.15, 0.2) is 53.0 Å². The summed E-state index contributed by atoms with van der Waals surface area (Å²) >= 11 is 0. The molecule has 1 aliphatic carbocycles. The molecule has 0 unspecified atom stereocenters. The molecule has 0 atom stereocenters. The fourth-order valence-electron chi connectivity index (χ4n) is 2.58. The van der Waals surface area contributed by atoms with Gasteiger partial charge in [-0.2, -0.15) is 0 Å². The maximum Gasteiger partial charge on any atom is 0.243 e. The number of carbonyl (C=O) groups is 3. The highest BCUT2D eigenvalue weighted by atomic mass is 28.3. The monoisotopic (exact) mass is 329 g/mol. The zero-order valence-corrected chi connectivity index (χ0v) is 14.1. The van der Waals surface area contributed by atoms with Gasteiger partial charge >= 0.3 is 0 Å². The number of amides is 3. The van der Waals surface area contributed by atoms with E-state index in [4.69, 9.17) is 0 Å². The van der Waals surface area contributed by atoms with Crippen LogP contribution in [-0.2, 0) is 9.59 Å².